The van der Waals surface area contributed by atoms with E-state index < -0.39 is 10.0 Å². The van der Waals surface area contributed by atoms with Gasteiger partial charge in [0.15, 0.2) is 0 Å². The lowest BCUT2D eigenvalue weighted by Crippen LogP contribution is -2.14. The maximum absolute atomic E-state index is 13.2. The van der Waals surface area contributed by atoms with Crippen molar-refractivity contribution >= 4 is 27.2 Å². The molecule has 0 aliphatic rings. The Morgan fingerprint density at radius 1 is 0.962 bits per heavy atom. The molecule has 134 valence electrons. The molecule has 0 saturated heterocycles. The largest absolute Gasteiger partial charge is 0.340 e. The van der Waals surface area contributed by atoms with Gasteiger partial charge in [-0.1, -0.05) is 18.2 Å². The normalized spacial score (nSPS) is 11.2. The van der Waals surface area contributed by atoms with Crippen molar-refractivity contribution in [2.45, 2.75) is 18.7 Å². The van der Waals surface area contributed by atoms with Gasteiger partial charge >= 0.3 is 0 Å². The van der Waals surface area contributed by atoms with Crippen molar-refractivity contribution in [1.29, 1.82) is 0 Å². The molecular formula is C19H18FN3O2S. The summed E-state index contributed by atoms with van der Waals surface area (Å²) in [7, 11) is -3.70. The van der Waals surface area contributed by atoms with Crippen LogP contribution in [-0.4, -0.2) is 13.4 Å². The van der Waals surface area contributed by atoms with Crippen molar-refractivity contribution < 1.29 is 12.8 Å². The van der Waals surface area contributed by atoms with Crippen LogP contribution in [0.15, 0.2) is 65.7 Å². The van der Waals surface area contributed by atoms with Crippen molar-refractivity contribution in [3.63, 3.8) is 0 Å². The Morgan fingerprint density at radius 3 is 2.46 bits per heavy atom. The van der Waals surface area contributed by atoms with Gasteiger partial charge in [0.1, 0.15) is 11.6 Å². The number of nitrogens with zero attached hydrogens (tertiary/aromatic N) is 1. The van der Waals surface area contributed by atoms with Gasteiger partial charge in [-0.3, -0.25) is 4.72 Å². The van der Waals surface area contributed by atoms with Gasteiger partial charge in [-0.05, 0) is 61.4 Å². The maximum atomic E-state index is 13.2. The number of hydrogen-bond donors (Lipinski definition) is 2. The Hall–Kier alpha value is -2.93. The molecule has 0 spiro atoms. The van der Waals surface area contributed by atoms with Gasteiger partial charge in [0.05, 0.1) is 16.8 Å². The van der Waals surface area contributed by atoms with Crippen molar-refractivity contribution in [3.05, 3.63) is 77.7 Å². The van der Waals surface area contributed by atoms with Crippen molar-refractivity contribution in [2.75, 3.05) is 10.0 Å². The molecule has 2 aromatic carbocycles. The molecule has 5 nitrogen and oxygen atoms in total. The molecule has 3 aromatic rings. The average Bonchev–Trinajstić information content (AvgIpc) is 2.58. The van der Waals surface area contributed by atoms with Crippen LogP contribution < -0.4 is 10.0 Å². The molecule has 26 heavy (non-hydrogen) atoms. The minimum Gasteiger partial charge on any atom is -0.340 e. The minimum absolute atomic E-state index is 0.236. The quantitative estimate of drug-likeness (QED) is 0.698. The Bertz CT molecular complexity index is 1030. The third kappa shape index (κ3) is 4.18. The summed E-state index contributed by atoms with van der Waals surface area (Å²) in [5, 5.41) is 2.95. The van der Waals surface area contributed by atoms with Gasteiger partial charge < -0.3 is 5.32 Å². The van der Waals surface area contributed by atoms with E-state index in [1.165, 1.54) is 18.3 Å². The van der Waals surface area contributed by atoms with Gasteiger partial charge in [0, 0.05) is 5.69 Å². The van der Waals surface area contributed by atoms with Crippen LogP contribution in [0.2, 0.25) is 0 Å². The van der Waals surface area contributed by atoms with E-state index in [2.05, 4.69) is 15.0 Å². The second-order valence-corrected chi connectivity index (χ2v) is 7.59. The van der Waals surface area contributed by atoms with Gasteiger partial charge in [-0.15, -0.1) is 0 Å². The fourth-order valence-electron chi connectivity index (χ4n) is 2.45. The van der Waals surface area contributed by atoms with Crippen LogP contribution in [0.25, 0.3) is 0 Å². The molecule has 2 N–H and O–H groups in total. The van der Waals surface area contributed by atoms with E-state index in [0.717, 1.165) is 5.56 Å². The lowest BCUT2D eigenvalue weighted by atomic mass is 10.2. The van der Waals surface area contributed by atoms with Gasteiger partial charge in [-0.2, -0.15) is 0 Å². The van der Waals surface area contributed by atoms with Crippen LogP contribution in [0, 0.1) is 19.7 Å². The third-order valence-corrected chi connectivity index (χ3v) is 5.27. The van der Waals surface area contributed by atoms with Crippen LogP contribution >= 0.6 is 0 Å². The predicted molar refractivity (Wildman–Crippen MR) is 101 cm³/mol. The number of pyridine rings is 1. The second kappa shape index (κ2) is 7.13. The summed E-state index contributed by atoms with van der Waals surface area (Å²) in [5.41, 5.74) is 2.43. The molecule has 0 aliphatic heterocycles. The smallest absolute Gasteiger partial charge is 0.262 e. The molecule has 7 heteroatoms. The van der Waals surface area contributed by atoms with E-state index in [0.29, 0.717) is 22.8 Å². The molecular weight excluding hydrogens is 353 g/mol. The van der Waals surface area contributed by atoms with Crippen LogP contribution in [-0.2, 0) is 10.0 Å². The number of hydrogen-bond acceptors (Lipinski definition) is 4. The minimum atomic E-state index is -3.70. The van der Waals surface area contributed by atoms with E-state index in [4.69, 9.17) is 0 Å². The molecule has 1 heterocycles. The number of benzene rings is 2. The lowest BCUT2D eigenvalue weighted by Gasteiger charge is -2.12. The first-order chi connectivity index (χ1) is 12.3. The van der Waals surface area contributed by atoms with Crippen LogP contribution in [0.5, 0.6) is 0 Å². The Kier molecular flexibility index (Phi) is 4.90. The molecule has 1 aromatic heterocycles. The monoisotopic (exact) mass is 371 g/mol. The molecule has 0 bridgehead atoms. The predicted octanol–water partition coefficient (Wildman–Crippen LogP) is 4.38. The summed E-state index contributed by atoms with van der Waals surface area (Å²) in [6.07, 6.45) is 1.41. The molecule has 0 amide bonds. The Balaban J connectivity index is 1.77. The first kappa shape index (κ1) is 17.9. The number of aromatic nitrogens is 1. The zero-order valence-corrected chi connectivity index (χ0v) is 15.1. The van der Waals surface area contributed by atoms with Crippen molar-refractivity contribution in [2.24, 2.45) is 0 Å². The highest BCUT2D eigenvalue weighted by Gasteiger charge is 2.17. The second-order valence-electron chi connectivity index (χ2n) is 5.94. The number of rotatable bonds is 5. The summed E-state index contributed by atoms with van der Waals surface area (Å²) in [6.45, 7) is 3.59. The zero-order valence-electron chi connectivity index (χ0n) is 14.3. The van der Waals surface area contributed by atoms with E-state index >= 15 is 0 Å². The molecule has 0 atom stereocenters. The standard InChI is InChI=1S/C19H18FN3O2S/c1-13-6-7-14(2)18(10-13)26(24,25)23-17-8-9-19(21-12-17)22-16-5-3-4-15(20)11-16/h3-12,23H,1-2H3,(H,21,22). The fourth-order valence-corrected chi connectivity index (χ4v) is 3.82. The zero-order chi connectivity index (χ0) is 18.7. The van der Waals surface area contributed by atoms with Gasteiger partial charge in [0.25, 0.3) is 10.0 Å². The molecule has 0 saturated carbocycles. The molecule has 3 rings (SSSR count). The molecule has 0 aliphatic carbocycles. The van der Waals surface area contributed by atoms with Gasteiger partial charge in [0.2, 0.25) is 0 Å². The summed E-state index contributed by atoms with van der Waals surface area (Å²) in [5.74, 6) is 0.123. The van der Waals surface area contributed by atoms with Gasteiger partial charge in [-0.25, -0.2) is 17.8 Å². The van der Waals surface area contributed by atoms with E-state index in [9.17, 15) is 12.8 Å². The fraction of sp³-hybridized carbons (Fsp3) is 0.105. The number of anilines is 3. The molecule has 0 unspecified atom stereocenters. The van der Waals surface area contributed by atoms with Crippen LogP contribution in [0.1, 0.15) is 11.1 Å². The Morgan fingerprint density at radius 2 is 1.77 bits per heavy atom. The highest BCUT2D eigenvalue weighted by Crippen LogP contribution is 2.22. The molecule has 0 radical (unpaired) electrons. The third-order valence-electron chi connectivity index (χ3n) is 3.75. The summed E-state index contributed by atoms with van der Waals surface area (Å²) < 4.78 is 40.9. The van der Waals surface area contributed by atoms with E-state index in [1.807, 2.05) is 13.0 Å². The van der Waals surface area contributed by atoms with E-state index in [-0.39, 0.29) is 10.7 Å². The first-order valence-corrected chi connectivity index (χ1v) is 9.40. The lowest BCUT2D eigenvalue weighted by molar-refractivity contribution is 0.600. The Labute approximate surface area is 152 Å². The highest BCUT2D eigenvalue weighted by atomic mass is 32.2. The van der Waals surface area contributed by atoms with Crippen LogP contribution in [0.3, 0.4) is 0 Å². The number of nitrogens with one attached hydrogen (secondary N) is 2. The summed E-state index contributed by atoms with van der Waals surface area (Å²) in [4.78, 5) is 4.40. The number of sulfonamides is 1. The van der Waals surface area contributed by atoms with E-state index in [1.54, 1.807) is 43.3 Å². The number of halogens is 1. The maximum Gasteiger partial charge on any atom is 0.262 e. The topological polar surface area (TPSA) is 71.1 Å². The number of aryl methyl sites for hydroxylation is 2. The van der Waals surface area contributed by atoms with Crippen LogP contribution in [0.4, 0.5) is 21.6 Å². The van der Waals surface area contributed by atoms with Crippen molar-refractivity contribution in [3.8, 4) is 0 Å². The van der Waals surface area contributed by atoms with Crippen molar-refractivity contribution in [1.82, 2.24) is 4.98 Å². The highest BCUT2D eigenvalue weighted by molar-refractivity contribution is 7.92. The summed E-state index contributed by atoms with van der Waals surface area (Å²) in [6, 6.07) is 14.5. The summed E-state index contributed by atoms with van der Waals surface area (Å²) >= 11 is 0. The first-order valence-electron chi connectivity index (χ1n) is 7.92. The average molecular weight is 371 g/mol. The SMILES string of the molecule is Cc1ccc(C)c(S(=O)(=O)Nc2ccc(Nc3cccc(F)c3)nc2)c1. The molecule has 0 fully saturated rings.